The number of likely N-dealkylation sites (tertiary alicyclic amines) is 1. The van der Waals surface area contributed by atoms with Crippen molar-refractivity contribution >= 4 is 27.4 Å². The van der Waals surface area contributed by atoms with E-state index in [1.165, 1.54) is 38.6 Å². The van der Waals surface area contributed by atoms with Gasteiger partial charge in [0.1, 0.15) is 16.5 Å². The minimum Gasteiger partial charge on any atom is -0.372 e. The molecule has 0 spiro atoms. The van der Waals surface area contributed by atoms with E-state index in [0.29, 0.717) is 6.04 Å². The highest BCUT2D eigenvalue weighted by atomic mass is 32.1. The van der Waals surface area contributed by atoms with Gasteiger partial charge in [-0.15, -0.1) is 11.3 Å². The van der Waals surface area contributed by atoms with E-state index in [1.807, 2.05) is 7.05 Å². The van der Waals surface area contributed by atoms with Crippen molar-refractivity contribution in [2.75, 3.05) is 18.9 Å². The first-order chi connectivity index (χ1) is 10.3. The summed E-state index contributed by atoms with van der Waals surface area (Å²) in [5.74, 6) is 1.91. The molecule has 1 atom stereocenters. The zero-order chi connectivity index (χ0) is 14.7. The van der Waals surface area contributed by atoms with E-state index in [4.69, 9.17) is 9.97 Å². The van der Waals surface area contributed by atoms with Gasteiger partial charge in [-0.25, -0.2) is 9.97 Å². The first kappa shape index (κ1) is 14.7. The molecule has 3 rings (SSSR count). The van der Waals surface area contributed by atoms with E-state index < -0.39 is 0 Å². The molecule has 2 aromatic heterocycles. The summed E-state index contributed by atoms with van der Waals surface area (Å²) in [6.07, 6.45) is 6.55. The van der Waals surface area contributed by atoms with Crippen molar-refractivity contribution in [3.63, 3.8) is 0 Å². The molecule has 0 amide bonds. The fraction of sp³-hybridized carbons (Fsp3) is 0.625. The summed E-state index contributed by atoms with van der Waals surface area (Å²) < 4.78 is 0. The van der Waals surface area contributed by atoms with Crippen LogP contribution in [-0.2, 0) is 6.54 Å². The van der Waals surface area contributed by atoms with E-state index in [2.05, 4.69) is 28.6 Å². The van der Waals surface area contributed by atoms with Crippen LogP contribution in [-0.4, -0.2) is 34.5 Å². The van der Waals surface area contributed by atoms with E-state index in [0.717, 1.165) is 28.4 Å². The normalized spacial score (nSPS) is 20.0. The van der Waals surface area contributed by atoms with Crippen LogP contribution < -0.4 is 5.32 Å². The van der Waals surface area contributed by atoms with Crippen molar-refractivity contribution in [2.45, 2.75) is 51.6 Å². The van der Waals surface area contributed by atoms with Gasteiger partial charge in [0.25, 0.3) is 0 Å². The summed E-state index contributed by atoms with van der Waals surface area (Å²) in [6, 6.07) is 2.81. The SMILES string of the molecule is CCCC1CCCCN1Cc1nc(NC)c2ccsc2n1. The summed E-state index contributed by atoms with van der Waals surface area (Å²) in [5, 5.41) is 6.43. The molecule has 114 valence electrons. The number of aromatic nitrogens is 2. The molecule has 1 N–H and O–H groups in total. The average molecular weight is 304 g/mol. The molecule has 1 aliphatic heterocycles. The van der Waals surface area contributed by atoms with Crippen LogP contribution in [0.25, 0.3) is 10.2 Å². The van der Waals surface area contributed by atoms with Crippen molar-refractivity contribution in [3.8, 4) is 0 Å². The van der Waals surface area contributed by atoms with Gasteiger partial charge in [-0.05, 0) is 37.3 Å². The van der Waals surface area contributed by atoms with Crippen LogP contribution in [0.1, 0.15) is 44.9 Å². The zero-order valence-electron chi connectivity index (χ0n) is 12.9. The van der Waals surface area contributed by atoms with Crippen LogP contribution in [0.2, 0.25) is 0 Å². The lowest BCUT2D eigenvalue weighted by Gasteiger charge is -2.35. The highest BCUT2D eigenvalue weighted by molar-refractivity contribution is 7.16. The molecule has 5 heteroatoms. The highest BCUT2D eigenvalue weighted by Crippen LogP contribution is 2.27. The molecule has 1 aliphatic rings. The van der Waals surface area contributed by atoms with Gasteiger partial charge in [0.05, 0.1) is 11.9 Å². The Balaban J connectivity index is 1.82. The Morgan fingerprint density at radius 1 is 1.38 bits per heavy atom. The second-order valence-corrected chi connectivity index (χ2v) is 6.68. The van der Waals surface area contributed by atoms with Crippen LogP contribution in [0.3, 0.4) is 0 Å². The minimum absolute atomic E-state index is 0.712. The fourth-order valence-electron chi connectivity index (χ4n) is 3.27. The number of rotatable bonds is 5. The van der Waals surface area contributed by atoms with E-state index >= 15 is 0 Å². The lowest BCUT2D eigenvalue weighted by atomic mass is 9.98. The third-order valence-corrected chi connectivity index (χ3v) is 5.13. The summed E-state index contributed by atoms with van der Waals surface area (Å²) in [6.45, 7) is 4.35. The van der Waals surface area contributed by atoms with Gasteiger partial charge in [-0.2, -0.15) is 0 Å². The third kappa shape index (κ3) is 3.19. The molecule has 0 aromatic carbocycles. The summed E-state index contributed by atoms with van der Waals surface area (Å²) in [7, 11) is 1.93. The Kier molecular flexibility index (Phi) is 4.70. The molecule has 2 aromatic rings. The molecule has 0 aliphatic carbocycles. The number of hydrogen-bond acceptors (Lipinski definition) is 5. The predicted molar refractivity (Wildman–Crippen MR) is 89.9 cm³/mol. The maximum Gasteiger partial charge on any atom is 0.146 e. The standard InChI is InChI=1S/C16H24N4S/c1-3-6-12-7-4-5-9-20(12)11-14-18-15(17-2)13-8-10-21-16(13)19-14/h8,10,12H,3-7,9,11H2,1-2H3,(H,17,18,19). The second kappa shape index (κ2) is 6.71. The van der Waals surface area contributed by atoms with Gasteiger partial charge in [0.15, 0.2) is 0 Å². The van der Waals surface area contributed by atoms with Crippen molar-refractivity contribution in [3.05, 3.63) is 17.3 Å². The molecule has 0 saturated carbocycles. The minimum atomic E-state index is 0.712. The summed E-state index contributed by atoms with van der Waals surface area (Å²) >= 11 is 1.69. The van der Waals surface area contributed by atoms with Gasteiger partial charge >= 0.3 is 0 Å². The van der Waals surface area contributed by atoms with Gasteiger partial charge in [-0.3, -0.25) is 4.90 Å². The smallest absolute Gasteiger partial charge is 0.146 e. The summed E-state index contributed by atoms with van der Waals surface area (Å²) in [4.78, 5) is 13.2. The largest absolute Gasteiger partial charge is 0.372 e. The van der Waals surface area contributed by atoms with Crippen LogP contribution in [0, 0.1) is 0 Å². The molecule has 4 nitrogen and oxygen atoms in total. The van der Waals surface area contributed by atoms with Crippen LogP contribution in [0.4, 0.5) is 5.82 Å². The molecule has 1 unspecified atom stereocenters. The molecule has 1 saturated heterocycles. The maximum atomic E-state index is 4.76. The first-order valence-corrected chi connectivity index (χ1v) is 8.85. The van der Waals surface area contributed by atoms with Crippen LogP contribution >= 0.6 is 11.3 Å². The Morgan fingerprint density at radius 2 is 2.29 bits per heavy atom. The Hall–Kier alpha value is -1.20. The molecular formula is C16H24N4S. The number of thiophene rings is 1. The molecular weight excluding hydrogens is 280 g/mol. The number of nitrogens with one attached hydrogen (secondary N) is 1. The van der Waals surface area contributed by atoms with Crippen LogP contribution in [0.15, 0.2) is 11.4 Å². The van der Waals surface area contributed by atoms with E-state index in [-0.39, 0.29) is 0 Å². The molecule has 21 heavy (non-hydrogen) atoms. The van der Waals surface area contributed by atoms with Crippen molar-refractivity contribution < 1.29 is 0 Å². The topological polar surface area (TPSA) is 41.1 Å². The molecule has 3 heterocycles. The summed E-state index contributed by atoms with van der Waals surface area (Å²) in [5.41, 5.74) is 0. The van der Waals surface area contributed by atoms with Gasteiger partial charge < -0.3 is 5.32 Å². The van der Waals surface area contributed by atoms with Crippen molar-refractivity contribution in [1.82, 2.24) is 14.9 Å². The number of anilines is 1. The van der Waals surface area contributed by atoms with Gasteiger partial charge in [0.2, 0.25) is 0 Å². The van der Waals surface area contributed by atoms with E-state index in [9.17, 15) is 0 Å². The van der Waals surface area contributed by atoms with E-state index in [1.54, 1.807) is 11.3 Å². The van der Waals surface area contributed by atoms with Crippen molar-refractivity contribution in [1.29, 1.82) is 0 Å². The lowest BCUT2D eigenvalue weighted by Crippen LogP contribution is -2.39. The Bertz CT molecular complexity index is 593. The zero-order valence-corrected chi connectivity index (χ0v) is 13.7. The van der Waals surface area contributed by atoms with Gasteiger partial charge in [0, 0.05) is 13.1 Å². The van der Waals surface area contributed by atoms with Gasteiger partial charge in [-0.1, -0.05) is 19.8 Å². The molecule has 0 radical (unpaired) electrons. The molecule has 1 fully saturated rings. The number of hydrogen-bond donors (Lipinski definition) is 1. The van der Waals surface area contributed by atoms with Crippen LogP contribution in [0.5, 0.6) is 0 Å². The highest BCUT2D eigenvalue weighted by Gasteiger charge is 2.22. The number of fused-ring (bicyclic) bond motifs is 1. The Morgan fingerprint density at radius 3 is 3.10 bits per heavy atom. The molecule has 0 bridgehead atoms. The van der Waals surface area contributed by atoms with Crippen molar-refractivity contribution in [2.24, 2.45) is 0 Å². The third-order valence-electron chi connectivity index (χ3n) is 4.32. The quantitative estimate of drug-likeness (QED) is 0.910. The maximum absolute atomic E-state index is 4.76. The predicted octanol–water partition coefficient (Wildman–Crippen LogP) is 3.89. The first-order valence-electron chi connectivity index (χ1n) is 7.97. The lowest BCUT2D eigenvalue weighted by molar-refractivity contribution is 0.128. The monoisotopic (exact) mass is 304 g/mol. The number of nitrogens with zero attached hydrogens (tertiary/aromatic N) is 3. The average Bonchev–Trinajstić information content (AvgIpc) is 2.97. The fourth-order valence-corrected chi connectivity index (χ4v) is 4.05. The second-order valence-electron chi connectivity index (χ2n) is 5.79. The number of piperidine rings is 1. The Labute approximate surface area is 130 Å².